The molecule has 4 N–H and O–H groups in total. The van der Waals surface area contributed by atoms with Crippen LogP contribution in [0.1, 0.15) is 60.0 Å². The fourth-order valence-corrected chi connectivity index (χ4v) is 7.49. The van der Waals surface area contributed by atoms with Crippen molar-refractivity contribution in [3.05, 3.63) is 94.5 Å². The number of carbonyl (C=O) groups is 4. The molecule has 1 aromatic heterocycles. The maximum Gasteiger partial charge on any atom is 0.255 e. The first kappa shape index (κ1) is 39.4. The highest BCUT2D eigenvalue weighted by molar-refractivity contribution is 6.31. The Bertz CT molecular complexity index is 2300. The number of anilines is 3. The molecule has 2 saturated heterocycles. The van der Waals surface area contributed by atoms with Crippen LogP contribution in [-0.4, -0.2) is 88.8 Å². The number of hydrogen-bond donors (Lipinski definition) is 4. The van der Waals surface area contributed by atoms with Crippen LogP contribution in [0.4, 0.5) is 21.6 Å². The van der Waals surface area contributed by atoms with Gasteiger partial charge in [0.1, 0.15) is 29.8 Å². The lowest BCUT2D eigenvalue weighted by Crippen LogP contribution is -2.52. The molecular formula is C42H42ClFN8O5. The number of methoxy groups -OCH3 is 1. The van der Waals surface area contributed by atoms with Crippen LogP contribution in [0.2, 0.25) is 5.02 Å². The van der Waals surface area contributed by atoms with Gasteiger partial charge in [-0.05, 0) is 87.3 Å². The van der Waals surface area contributed by atoms with Gasteiger partial charge in [-0.25, -0.2) is 14.4 Å². The smallest absolute Gasteiger partial charge is 0.255 e. The first-order chi connectivity index (χ1) is 27.7. The maximum absolute atomic E-state index is 13.7. The molecule has 294 valence electrons. The molecule has 0 aliphatic carbocycles. The summed E-state index contributed by atoms with van der Waals surface area (Å²) in [7, 11) is 1.52. The molecule has 4 heterocycles. The lowest BCUT2D eigenvalue weighted by Gasteiger charge is -2.31. The van der Waals surface area contributed by atoms with Crippen LogP contribution in [0.5, 0.6) is 5.75 Å². The Morgan fingerprint density at radius 1 is 1.11 bits per heavy atom. The van der Waals surface area contributed by atoms with E-state index >= 15 is 0 Å². The molecule has 4 aromatic rings. The Balaban J connectivity index is 0.836. The second kappa shape index (κ2) is 17.9. The third-order valence-corrected chi connectivity index (χ3v) is 10.6. The summed E-state index contributed by atoms with van der Waals surface area (Å²) in [6.45, 7) is 3.61. The fraction of sp³-hybridized carbons (Fsp3) is 0.333. The minimum Gasteiger partial charge on any atom is -0.494 e. The summed E-state index contributed by atoms with van der Waals surface area (Å²) in [6.07, 6.45) is 8.91. The third-order valence-electron chi connectivity index (χ3n) is 10.3. The van der Waals surface area contributed by atoms with E-state index in [1.165, 1.54) is 31.6 Å². The first-order valence-electron chi connectivity index (χ1n) is 18.9. The SMILES string of the molecule is COc1cc2ncnc(Nc3ccc(F)c(Cl)c3)c2cc1NC(=O)/C=C/CN1CCC(NCCCC#Cc2cccc3c2CN(C2CCC(=O)NC2=O)C3=O)CC1. The largest absolute Gasteiger partial charge is 0.494 e. The number of carbonyl (C=O) groups excluding carboxylic acids is 4. The zero-order chi connectivity index (χ0) is 39.9. The van der Waals surface area contributed by atoms with Crippen molar-refractivity contribution in [3.63, 3.8) is 0 Å². The monoisotopic (exact) mass is 792 g/mol. The number of fused-ring (bicyclic) bond motifs is 2. The molecule has 57 heavy (non-hydrogen) atoms. The van der Waals surface area contributed by atoms with E-state index < -0.39 is 17.8 Å². The molecule has 7 rings (SSSR count). The zero-order valence-electron chi connectivity index (χ0n) is 31.4. The maximum atomic E-state index is 13.7. The highest BCUT2D eigenvalue weighted by Gasteiger charge is 2.39. The number of likely N-dealkylation sites (tertiary alicyclic amines) is 1. The average Bonchev–Trinajstić information content (AvgIpc) is 3.54. The summed E-state index contributed by atoms with van der Waals surface area (Å²) in [5.74, 6) is 5.64. The van der Waals surface area contributed by atoms with Gasteiger partial charge in [0.05, 0.1) is 23.3 Å². The normalized spacial score (nSPS) is 17.4. The fourth-order valence-electron chi connectivity index (χ4n) is 7.31. The number of piperidine rings is 2. The number of unbranched alkanes of at least 4 members (excludes halogenated alkanes) is 1. The molecule has 3 aliphatic heterocycles. The Kier molecular flexibility index (Phi) is 12.4. The summed E-state index contributed by atoms with van der Waals surface area (Å²) >= 11 is 5.95. The third kappa shape index (κ3) is 9.40. The Labute approximate surface area is 334 Å². The summed E-state index contributed by atoms with van der Waals surface area (Å²) in [5, 5.41) is 12.6. The Hall–Kier alpha value is -5.88. The van der Waals surface area contributed by atoms with Crippen molar-refractivity contribution in [2.24, 2.45) is 0 Å². The van der Waals surface area contributed by atoms with Gasteiger partial charge in [-0.1, -0.05) is 35.6 Å². The number of hydrogen-bond acceptors (Lipinski definition) is 10. The number of nitrogens with zero attached hydrogens (tertiary/aromatic N) is 4. The van der Waals surface area contributed by atoms with Crippen LogP contribution in [-0.2, 0) is 20.9 Å². The second-order valence-electron chi connectivity index (χ2n) is 14.1. The number of amides is 4. The lowest BCUT2D eigenvalue weighted by molar-refractivity contribution is -0.137. The number of imide groups is 1. The Morgan fingerprint density at radius 3 is 2.74 bits per heavy atom. The molecule has 15 heteroatoms. The Morgan fingerprint density at radius 2 is 1.95 bits per heavy atom. The highest BCUT2D eigenvalue weighted by atomic mass is 35.5. The van der Waals surface area contributed by atoms with Crippen molar-refractivity contribution in [1.29, 1.82) is 0 Å². The average molecular weight is 793 g/mol. The van der Waals surface area contributed by atoms with Crippen molar-refractivity contribution in [3.8, 4) is 17.6 Å². The molecule has 3 aromatic carbocycles. The topological polar surface area (TPSA) is 158 Å². The molecular weight excluding hydrogens is 751 g/mol. The molecule has 13 nitrogen and oxygen atoms in total. The van der Waals surface area contributed by atoms with E-state index in [2.05, 4.69) is 48.0 Å². The molecule has 0 saturated carbocycles. The van der Waals surface area contributed by atoms with Gasteiger partial charge in [0.2, 0.25) is 17.7 Å². The van der Waals surface area contributed by atoms with E-state index in [1.807, 2.05) is 18.2 Å². The number of benzene rings is 3. The quantitative estimate of drug-likeness (QED) is 0.0641. The number of aromatic nitrogens is 2. The molecule has 0 bridgehead atoms. The first-order valence-corrected chi connectivity index (χ1v) is 19.3. The summed E-state index contributed by atoms with van der Waals surface area (Å²) < 4.78 is 19.2. The summed E-state index contributed by atoms with van der Waals surface area (Å²) in [5.41, 5.74) is 3.78. The molecule has 2 fully saturated rings. The van der Waals surface area contributed by atoms with Crippen molar-refractivity contribution in [2.45, 2.75) is 57.2 Å². The van der Waals surface area contributed by atoms with Gasteiger partial charge >= 0.3 is 0 Å². The van der Waals surface area contributed by atoms with E-state index in [1.54, 1.807) is 29.2 Å². The van der Waals surface area contributed by atoms with E-state index in [-0.39, 0.29) is 29.2 Å². The number of halogens is 2. The predicted octanol–water partition coefficient (Wildman–Crippen LogP) is 5.32. The van der Waals surface area contributed by atoms with Gasteiger partial charge in [0.25, 0.3) is 5.91 Å². The second-order valence-corrected chi connectivity index (χ2v) is 14.5. The minimum absolute atomic E-state index is 0.0198. The predicted molar refractivity (Wildman–Crippen MR) is 215 cm³/mol. The van der Waals surface area contributed by atoms with Crippen LogP contribution in [0, 0.1) is 17.7 Å². The van der Waals surface area contributed by atoms with Crippen LogP contribution in [0.15, 0.2) is 67.0 Å². The molecule has 4 amide bonds. The van der Waals surface area contributed by atoms with E-state index in [4.69, 9.17) is 16.3 Å². The standard InChI is InChI=1S/C42H42ClFN8O5/c1-57-37-23-34-30(40(47-25-46-34)48-28-11-12-33(44)32(43)21-28)22-35(37)49-38(53)10-6-18-51-19-15-27(16-20-51)45-17-4-2-3-7-26-8-5-9-29-31(26)24-52(42(29)56)36-13-14-39(54)50-41(36)55/h5-6,8-12,21-23,25,27,36,45H,2,4,13-20,24H2,1H3,(H,49,53)(H,46,47,48)(H,50,54,55)/b10-6+. The van der Waals surface area contributed by atoms with Crippen molar-refractivity contribution in [1.82, 2.24) is 30.4 Å². The van der Waals surface area contributed by atoms with Crippen LogP contribution >= 0.6 is 11.6 Å². The molecule has 0 spiro atoms. The molecule has 1 atom stereocenters. The van der Waals surface area contributed by atoms with Gasteiger partial charge < -0.3 is 25.6 Å². The van der Waals surface area contributed by atoms with Crippen molar-refractivity contribution in [2.75, 3.05) is 43.9 Å². The van der Waals surface area contributed by atoms with Gasteiger partial charge in [-0.3, -0.25) is 29.4 Å². The summed E-state index contributed by atoms with van der Waals surface area (Å²) in [6, 6.07) is 13.0. The van der Waals surface area contributed by atoms with E-state index in [0.29, 0.717) is 71.4 Å². The van der Waals surface area contributed by atoms with Gasteiger partial charge in [0, 0.05) is 66.3 Å². The molecule has 3 aliphatic rings. The van der Waals surface area contributed by atoms with Gasteiger partial charge in [0.15, 0.2) is 0 Å². The number of nitrogens with one attached hydrogen (secondary N) is 4. The van der Waals surface area contributed by atoms with E-state index in [9.17, 15) is 23.6 Å². The number of rotatable bonds is 12. The van der Waals surface area contributed by atoms with Gasteiger partial charge in [-0.15, -0.1) is 0 Å². The van der Waals surface area contributed by atoms with Crippen molar-refractivity contribution < 1.29 is 28.3 Å². The summed E-state index contributed by atoms with van der Waals surface area (Å²) in [4.78, 5) is 62.5. The lowest BCUT2D eigenvalue weighted by atomic mass is 10.0. The van der Waals surface area contributed by atoms with Crippen LogP contribution in [0.3, 0.4) is 0 Å². The number of ether oxygens (including phenoxy) is 1. The molecule has 0 radical (unpaired) electrons. The van der Waals surface area contributed by atoms with Crippen LogP contribution in [0.25, 0.3) is 10.9 Å². The van der Waals surface area contributed by atoms with Gasteiger partial charge in [-0.2, -0.15) is 0 Å². The van der Waals surface area contributed by atoms with E-state index in [0.717, 1.165) is 50.0 Å². The zero-order valence-corrected chi connectivity index (χ0v) is 32.1. The highest BCUT2D eigenvalue weighted by Crippen LogP contribution is 2.34. The van der Waals surface area contributed by atoms with Crippen LogP contribution < -0.4 is 26.0 Å². The molecule has 1 unspecified atom stereocenters. The van der Waals surface area contributed by atoms with Crippen molar-refractivity contribution >= 4 is 63.3 Å². The minimum atomic E-state index is -0.648.